The summed E-state index contributed by atoms with van der Waals surface area (Å²) in [4.78, 5) is 4.47. The molecule has 1 aromatic heterocycles. The van der Waals surface area contributed by atoms with Crippen LogP contribution in [0.2, 0.25) is 0 Å². The number of hydrogen-bond donors (Lipinski definition) is 1. The molecule has 22 heavy (non-hydrogen) atoms. The molecule has 0 saturated heterocycles. The molecule has 0 atom stereocenters. The Morgan fingerprint density at radius 3 is 2.45 bits per heavy atom. The van der Waals surface area contributed by atoms with E-state index in [4.69, 9.17) is 5.14 Å². The molecule has 5 nitrogen and oxygen atoms in total. The van der Waals surface area contributed by atoms with Crippen LogP contribution < -0.4 is 5.14 Å². The number of aryl methyl sites for hydroxylation is 1. The smallest absolute Gasteiger partial charge is 0.238 e. The van der Waals surface area contributed by atoms with Crippen molar-refractivity contribution in [1.29, 1.82) is 0 Å². The molecule has 6 heteroatoms. The molecule has 0 aliphatic rings. The molecule has 0 aliphatic heterocycles. The monoisotopic (exact) mass is 313 g/mol. The van der Waals surface area contributed by atoms with Gasteiger partial charge in [-0.05, 0) is 30.3 Å². The molecule has 0 saturated carbocycles. The molecule has 3 aromatic rings. The number of rotatable bonds is 3. The lowest BCUT2D eigenvalue weighted by Gasteiger charge is -1.98. The Balaban J connectivity index is 1.93. The minimum absolute atomic E-state index is 0.0802. The van der Waals surface area contributed by atoms with Gasteiger partial charge in [0, 0.05) is 35.9 Å². The van der Waals surface area contributed by atoms with E-state index in [1.165, 1.54) is 12.1 Å². The van der Waals surface area contributed by atoms with Crippen molar-refractivity contribution in [2.75, 3.05) is 0 Å². The zero-order valence-corrected chi connectivity index (χ0v) is 12.8. The van der Waals surface area contributed by atoms with Crippen molar-refractivity contribution in [3.63, 3.8) is 0 Å². The van der Waals surface area contributed by atoms with E-state index in [-0.39, 0.29) is 4.90 Å². The number of para-hydroxylation sites is 1. The molecular formula is C16H15N3O2S. The van der Waals surface area contributed by atoms with E-state index < -0.39 is 10.0 Å². The van der Waals surface area contributed by atoms with Gasteiger partial charge in [0.15, 0.2) is 0 Å². The largest absolute Gasteiger partial charge is 0.350 e. The van der Waals surface area contributed by atoms with Gasteiger partial charge in [0.1, 0.15) is 0 Å². The number of primary sulfonamides is 1. The van der Waals surface area contributed by atoms with Gasteiger partial charge in [0.05, 0.1) is 10.6 Å². The van der Waals surface area contributed by atoms with Gasteiger partial charge in [0.2, 0.25) is 10.0 Å². The number of aliphatic imine (C=N–C) groups is 1. The Morgan fingerprint density at radius 2 is 1.77 bits per heavy atom. The van der Waals surface area contributed by atoms with Gasteiger partial charge < -0.3 is 4.57 Å². The van der Waals surface area contributed by atoms with Crippen LogP contribution in [0.15, 0.2) is 64.6 Å². The van der Waals surface area contributed by atoms with Crippen LogP contribution in [0.4, 0.5) is 5.69 Å². The van der Waals surface area contributed by atoms with Gasteiger partial charge >= 0.3 is 0 Å². The number of nitrogens with two attached hydrogens (primary N) is 1. The molecule has 0 fully saturated rings. The second-order valence-electron chi connectivity index (χ2n) is 5.01. The van der Waals surface area contributed by atoms with Crippen LogP contribution in [0.25, 0.3) is 10.9 Å². The second-order valence-corrected chi connectivity index (χ2v) is 6.57. The van der Waals surface area contributed by atoms with Gasteiger partial charge in [-0.15, -0.1) is 0 Å². The molecule has 2 aromatic carbocycles. The van der Waals surface area contributed by atoms with Crippen molar-refractivity contribution in [2.45, 2.75) is 4.90 Å². The van der Waals surface area contributed by atoms with Crippen molar-refractivity contribution in [3.8, 4) is 0 Å². The molecule has 3 rings (SSSR count). The zero-order chi connectivity index (χ0) is 15.7. The molecule has 2 N–H and O–H groups in total. The average Bonchev–Trinajstić information content (AvgIpc) is 2.82. The van der Waals surface area contributed by atoms with E-state index in [0.717, 1.165) is 16.5 Å². The van der Waals surface area contributed by atoms with Crippen LogP contribution >= 0.6 is 0 Å². The van der Waals surface area contributed by atoms with Crippen LogP contribution in [-0.4, -0.2) is 19.2 Å². The van der Waals surface area contributed by atoms with Gasteiger partial charge in [-0.25, -0.2) is 13.6 Å². The third kappa shape index (κ3) is 2.79. The fourth-order valence-electron chi connectivity index (χ4n) is 2.34. The van der Waals surface area contributed by atoms with Crippen LogP contribution in [0.3, 0.4) is 0 Å². The van der Waals surface area contributed by atoms with E-state index in [2.05, 4.69) is 4.99 Å². The highest BCUT2D eigenvalue weighted by atomic mass is 32.2. The molecule has 1 heterocycles. The molecule has 0 aliphatic carbocycles. The first-order chi connectivity index (χ1) is 10.4. The maximum Gasteiger partial charge on any atom is 0.238 e. The summed E-state index contributed by atoms with van der Waals surface area (Å²) >= 11 is 0. The van der Waals surface area contributed by atoms with Crippen LogP contribution in [0, 0.1) is 0 Å². The topological polar surface area (TPSA) is 77.5 Å². The Labute approximate surface area is 128 Å². The summed E-state index contributed by atoms with van der Waals surface area (Å²) in [5.41, 5.74) is 2.81. The maximum atomic E-state index is 11.2. The molecule has 0 unspecified atom stereocenters. The molecule has 0 radical (unpaired) electrons. The molecule has 0 spiro atoms. The number of sulfonamides is 1. The highest BCUT2D eigenvalue weighted by Crippen LogP contribution is 2.20. The van der Waals surface area contributed by atoms with Crippen molar-refractivity contribution >= 4 is 32.8 Å². The number of aromatic nitrogens is 1. The molecular weight excluding hydrogens is 298 g/mol. The predicted molar refractivity (Wildman–Crippen MR) is 88.0 cm³/mol. The van der Waals surface area contributed by atoms with Gasteiger partial charge in [-0.2, -0.15) is 0 Å². The molecule has 0 bridgehead atoms. The zero-order valence-electron chi connectivity index (χ0n) is 12.0. The number of benzene rings is 2. The highest BCUT2D eigenvalue weighted by Gasteiger charge is 2.06. The summed E-state index contributed by atoms with van der Waals surface area (Å²) in [6.07, 6.45) is 3.78. The van der Waals surface area contributed by atoms with Crippen LogP contribution in [0.1, 0.15) is 5.56 Å². The van der Waals surface area contributed by atoms with E-state index >= 15 is 0 Å². The minimum atomic E-state index is -3.67. The normalized spacial score (nSPS) is 12.3. The Morgan fingerprint density at radius 1 is 1.09 bits per heavy atom. The Hall–Kier alpha value is -2.44. The molecule has 112 valence electrons. The fourth-order valence-corrected chi connectivity index (χ4v) is 2.86. The summed E-state index contributed by atoms with van der Waals surface area (Å²) in [5, 5.41) is 6.19. The van der Waals surface area contributed by atoms with Crippen molar-refractivity contribution in [3.05, 3.63) is 60.3 Å². The minimum Gasteiger partial charge on any atom is -0.350 e. The standard InChI is InChI=1S/C16H15N3O2S/c1-19-11-12(15-4-2-3-5-16(15)19)10-18-13-6-8-14(9-7-13)22(17,20)21/h2-11H,1H3,(H2,17,20,21). The van der Waals surface area contributed by atoms with Crippen molar-refractivity contribution < 1.29 is 8.42 Å². The van der Waals surface area contributed by atoms with Crippen LogP contribution in [-0.2, 0) is 17.1 Å². The third-order valence-corrected chi connectivity index (χ3v) is 4.37. The van der Waals surface area contributed by atoms with E-state index in [1.807, 2.05) is 42.1 Å². The third-order valence-electron chi connectivity index (χ3n) is 3.45. The lowest BCUT2D eigenvalue weighted by Crippen LogP contribution is -2.11. The molecule has 0 amide bonds. The van der Waals surface area contributed by atoms with Crippen LogP contribution in [0.5, 0.6) is 0 Å². The van der Waals surface area contributed by atoms with Crippen molar-refractivity contribution in [1.82, 2.24) is 4.57 Å². The van der Waals surface area contributed by atoms with Gasteiger partial charge in [0.25, 0.3) is 0 Å². The highest BCUT2D eigenvalue weighted by molar-refractivity contribution is 7.89. The number of nitrogens with zero attached hydrogens (tertiary/aromatic N) is 2. The first kappa shape index (κ1) is 14.5. The Kier molecular flexibility index (Phi) is 3.56. The predicted octanol–water partition coefficient (Wildman–Crippen LogP) is 2.58. The number of hydrogen-bond acceptors (Lipinski definition) is 3. The summed E-state index contributed by atoms with van der Waals surface area (Å²) < 4.78 is 24.5. The fraction of sp³-hybridized carbons (Fsp3) is 0.0625. The first-order valence-electron chi connectivity index (χ1n) is 6.66. The van der Waals surface area contributed by atoms with Gasteiger partial charge in [-0.3, -0.25) is 4.99 Å². The number of fused-ring (bicyclic) bond motifs is 1. The lowest BCUT2D eigenvalue weighted by atomic mass is 10.2. The average molecular weight is 313 g/mol. The maximum absolute atomic E-state index is 11.2. The Bertz CT molecular complexity index is 955. The second kappa shape index (κ2) is 5.40. The SMILES string of the molecule is Cn1cc(C=Nc2ccc(S(N)(=O)=O)cc2)c2ccccc21. The van der Waals surface area contributed by atoms with E-state index in [9.17, 15) is 8.42 Å². The van der Waals surface area contributed by atoms with E-state index in [1.54, 1.807) is 18.3 Å². The van der Waals surface area contributed by atoms with E-state index in [0.29, 0.717) is 5.69 Å². The van der Waals surface area contributed by atoms with Crippen molar-refractivity contribution in [2.24, 2.45) is 17.2 Å². The summed E-state index contributed by atoms with van der Waals surface area (Å²) in [7, 11) is -1.68. The summed E-state index contributed by atoms with van der Waals surface area (Å²) in [5.74, 6) is 0. The summed E-state index contributed by atoms with van der Waals surface area (Å²) in [6.45, 7) is 0. The quantitative estimate of drug-likeness (QED) is 0.754. The first-order valence-corrected chi connectivity index (χ1v) is 8.21. The lowest BCUT2D eigenvalue weighted by molar-refractivity contribution is 0.598. The van der Waals surface area contributed by atoms with Gasteiger partial charge in [-0.1, -0.05) is 18.2 Å². The summed E-state index contributed by atoms with van der Waals surface area (Å²) in [6, 6.07) is 14.2.